The summed E-state index contributed by atoms with van der Waals surface area (Å²) >= 11 is 7.20. The van der Waals surface area contributed by atoms with Crippen molar-refractivity contribution >= 4 is 40.4 Å². The molecule has 2 aromatic heterocycles. The summed E-state index contributed by atoms with van der Waals surface area (Å²) < 4.78 is 0. The largest absolute Gasteiger partial charge is 0.353 e. The highest BCUT2D eigenvalue weighted by Gasteiger charge is 2.13. The second kappa shape index (κ2) is 8.31. The zero-order valence-corrected chi connectivity index (χ0v) is 15.3. The van der Waals surface area contributed by atoms with Gasteiger partial charge in [-0.2, -0.15) is 4.98 Å². The number of carbonyl (C=O) groups is 1. The van der Waals surface area contributed by atoms with Crippen molar-refractivity contribution in [2.24, 2.45) is 0 Å². The van der Waals surface area contributed by atoms with Gasteiger partial charge in [-0.1, -0.05) is 42.1 Å². The van der Waals surface area contributed by atoms with E-state index < -0.39 is 0 Å². The minimum Gasteiger partial charge on any atom is -0.353 e. The Labute approximate surface area is 154 Å². The molecule has 3 rings (SSSR count). The van der Waals surface area contributed by atoms with Crippen LogP contribution in [-0.2, 0) is 11.2 Å². The third-order valence-corrected chi connectivity index (χ3v) is 4.83. The highest BCUT2D eigenvalue weighted by molar-refractivity contribution is 8.00. The van der Waals surface area contributed by atoms with E-state index in [1.165, 1.54) is 23.7 Å². The van der Waals surface area contributed by atoms with Gasteiger partial charge in [0.25, 0.3) is 0 Å². The second-order valence-electron chi connectivity index (χ2n) is 5.68. The molecule has 0 radical (unpaired) electrons. The summed E-state index contributed by atoms with van der Waals surface area (Å²) in [5, 5.41) is 3.76. The molecule has 0 saturated carbocycles. The molecule has 2 N–H and O–H groups in total. The topological polar surface area (TPSA) is 83.6 Å². The van der Waals surface area contributed by atoms with Crippen LogP contribution in [0.5, 0.6) is 0 Å². The molecular weight excluding hydrogens is 358 g/mol. The van der Waals surface area contributed by atoms with E-state index in [1.807, 2.05) is 25.1 Å². The molecule has 0 aliphatic carbocycles. The van der Waals surface area contributed by atoms with Crippen molar-refractivity contribution in [1.82, 2.24) is 25.3 Å². The van der Waals surface area contributed by atoms with Gasteiger partial charge in [0.1, 0.15) is 10.5 Å². The Balaban J connectivity index is 1.49. The predicted octanol–water partition coefficient (Wildman–Crippen LogP) is 3.24. The van der Waals surface area contributed by atoms with Crippen LogP contribution in [0, 0.1) is 0 Å². The van der Waals surface area contributed by atoms with Gasteiger partial charge in [-0.05, 0) is 36.9 Å². The molecule has 0 aliphatic rings. The van der Waals surface area contributed by atoms with Crippen LogP contribution in [0.2, 0.25) is 5.28 Å². The Morgan fingerprint density at radius 3 is 2.92 bits per heavy atom. The monoisotopic (exact) mass is 375 g/mol. The smallest absolute Gasteiger partial charge is 0.230 e. The molecule has 0 unspecified atom stereocenters. The van der Waals surface area contributed by atoms with E-state index in [2.05, 4.69) is 37.4 Å². The summed E-state index contributed by atoms with van der Waals surface area (Å²) in [4.78, 5) is 27.4. The molecule has 1 amide bonds. The van der Waals surface area contributed by atoms with Gasteiger partial charge in [0, 0.05) is 6.04 Å². The second-order valence-corrected chi connectivity index (χ2v) is 6.98. The number of carbonyl (C=O) groups excluding carboxylic acids is 1. The third-order valence-electron chi connectivity index (χ3n) is 3.68. The average molecular weight is 376 g/mol. The molecule has 8 heteroatoms. The molecular formula is C17H18ClN5OS. The first-order valence-electron chi connectivity index (χ1n) is 7.94. The molecule has 0 saturated heterocycles. The molecule has 0 fully saturated rings. The van der Waals surface area contributed by atoms with E-state index in [4.69, 9.17) is 11.6 Å². The number of rotatable bonds is 7. The van der Waals surface area contributed by atoms with Crippen molar-refractivity contribution in [1.29, 1.82) is 0 Å². The molecule has 130 valence electrons. The number of aryl methyl sites for hydroxylation is 1. The normalized spacial score (nSPS) is 12.2. The minimum atomic E-state index is -0.0343. The standard InChI is InChI=1S/C17H18ClN5OS/c1-11(7-8-12-5-3-2-4-6-12)21-13(24)9-25-16-14-15(20-10-19-14)22-17(18)23-16/h2-6,10-11H,7-9H2,1H3,(H,21,24)(H,19,20,22,23)/t11-/m1/s1. The van der Waals surface area contributed by atoms with Gasteiger partial charge in [0.2, 0.25) is 11.2 Å². The van der Waals surface area contributed by atoms with E-state index in [0.717, 1.165) is 12.8 Å². The molecule has 0 spiro atoms. The number of aromatic amines is 1. The third kappa shape index (κ3) is 4.93. The number of thioether (sulfide) groups is 1. The Hall–Kier alpha value is -2.12. The first-order valence-corrected chi connectivity index (χ1v) is 9.31. The number of aromatic nitrogens is 4. The van der Waals surface area contributed by atoms with Crippen molar-refractivity contribution in [3.05, 3.63) is 47.5 Å². The first kappa shape index (κ1) is 17.7. The number of hydrogen-bond donors (Lipinski definition) is 2. The number of hydrogen-bond acceptors (Lipinski definition) is 5. The zero-order chi connectivity index (χ0) is 17.6. The highest BCUT2D eigenvalue weighted by atomic mass is 35.5. The fourth-order valence-corrected chi connectivity index (χ4v) is 3.45. The lowest BCUT2D eigenvalue weighted by molar-refractivity contribution is -0.119. The van der Waals surface area contributed by atoms with E-state index in [9.17, 15) is 4.79 Å². The Bertz CT molecular complexity index is 855. The minimum absolute atomic E-state index is 0.0343. The van der Waals surface area contributed by atoms with Crippen molar-refractivity contribution in [2.75, 3.05) is 5.75 Å². The Morgan fingerprint density at radius 2 is 2.12 bits per heavy atom. The maximum atomic E-state index is 12.2. The fourth-order valence-electron chi connectivity index (χ4n) is 2.44. The Morgan fingerprint density at radius 1 is 1.32 bits per heavy atom. The fraction of sp³-hybridized carbons (Fsp3) is 0.294. The van der Waals surface area contributed by atoms with Crippen molar-refractivity contribution in [3.63, 3.8) is 0 Å². The number of imidazole rings is 1. The molecule has 25 heavy (non-hydrogen) atoms. The highest BCUT2D eigenvalue weighted by Crippen LogP contribution is 2.24. The maximum Gasteiger partial charge on any atom is 0.230 e. The van der Waals surface area contributed by atoms with Crippen LogP contribution in [0.3, 0.4) is 0 Å². The van der Waals surface area contributed by atoms with Crippen molar-refractivity contribution in [3.8, 4) is 0 Å². The van der Waals surface area contributed by atoms with Crippen LogP contribution in [0.4, 0.5) is 0 Å². The maximum absolute atomic E-state index is 12.2. The van der Waals surface area contributed by atoms with Gasteiger partial charge in [0.15, 0.2) is 5.65 Å². The number of nitrogens with one attached hydrogen (secondary N) is 2. The van der Waals surface area contributed by atoms with Crippen LogP contribution in [-0.4, -0.2) is 37.6 Å². The van der Waals surface area contributed by atoms with Crippen molar-refractivity contribution in [2.45, 2.75) is 30.8 Å². The quantitative estimate of drug-likeness (QED) is 0.376. The lowest BCUT2D eigenvalue weighted by Gasteiger charge is -2.13. The number of nitrogens with zero attached hydrogens (tertiary/aromatic N) is 3. The van der Waals surface area contributed by atoms with Gasteiger partial charge in [-0.25, -0.2) is 9.97 Å². The van der Waals surface area contributed by atoms with Crippen LogP contribution in [0.25, 0.3) is 11.2 Å². The average Bonchev–Trinajstić information content (AvgIpc) is 3.07. The summed E-state index contributed by atoms with van der Waals surface area (Å²) in [6.45, 7) is 2.01. The van der Waals surface area contributed by atoms with E-state index >= 15 is 0 Å². The summed E-state index contributed by atoms with van der Waals surface area (Å²) in [7, 11) is 0. The number of H-pyrrole nitrogens is 1. The van der Waals surface area contributed by atoms with Crippen LogP contribution in [0.15, 0.2) is 41.7 Å². The zero-order valence-electron chi connectivity index (χ0n) is 13.7. The first-order chi connectivity index (χ1) is 12.1. The van der Waals surface area contributed by atoms with Gasteiger partial charge in [0.05, 0.1) is 12.1 Å². The summed E-state index contributed by atoms with van der Waals surface area (Å²) in [5.74, 6) is 0.227. The van der Waals surface area contributed by atoms with Gasteiger partial charge >= 0.3 is 0 Å². The number of amides is 1. The van der Waals surface area contributed by atoms with Crippen LogP contribution >= 0.6 is 23.4 Å². The van der Waals surface area contributed by atoms with Gasteiger partial charge < -0.3 is 10.3 Å². The van der Waals surface area contributed by atoms with E-state index in [-0.39, 0.29) is 23.0 Å². The number of benzene rings is 1. The van der Waals surface area contributed by atoms with E-state index in [1.54, 1.807) is 0 Å². The predicted molar refractivity (Wildman–Crippen MR) is 99.8 cm³/mol. The lowest BCUT2D eigenvalue weighted by Crippen LogP contribution is -2.34. The van der Waals surface area contributed by atoms with Crippen molar-refractivity contribution < 1.29 is 4.79 Å². The lowest BCUT2D eigenvalue weighted by atomic mass is 10.1. The molecule has 1 aromatic carbocycles. The molecule has 0 bridgehead atoms. The molecule has 2 heterocycles. The summed E-state index contributed by atoms with van der Waals surface area (Å²) in [6, 6.07) is 10.4. The number of halogens is 1. The van der Waals surface area contributed by atoms with Gasteiger partial charge in [-0.3, -0.25) is 4.79 Å². The molecule has 0 aliphatic heterocycles. The molecule has 3 aromatic rings. The SMILES string of the molecule is C[C@H](CCc1ccccc1)NC(=O)CSc1nc(Cl)nc2nc[nH]c12. The van der Waals surface area contributed by atoms with E-state index in [0.29, 0.717) is 16.2 Å². The molecule has 1 atom stereocenters. The van der Waals surface area contributed by atoms with Gasteiger partial charge in [-0.15, -0.1) is 0 Å². The summed E-state index contributed by atoms with van der Waals surface area (Å²) in [5.41, 5.74) is 2.47. The molecule has 6 nitrogen and oxygen atoms in total. The Kier molecular flexibility index (Phi) is 5.88. The number of fused-ring (bicyclic) bond motifs is 1. The van der Waals surface area contributed by atoms with Crippen LogP contribution < -0.4 is 5.32 Å². The van der Waals surface area contributed by atoms with Crippen LogP contribution in [0.1, 0.15) is 18.9 Å². The summed E-state index contributed by atoms with van der Waals surface area (Å²) in [6.07, 6.45) is 3.36.